The van der Waals surface area contributed by atoms with Gasteiger partial charge in [-0.3, -0.25) is 14.7 Å². The highest BCUT2D eigenvalue weighted by Gasteiger charge is 2.16. The van der Waals surface area contributed by atoms with Gasteiger partial charge in [0, 0.05) is 18.8 Å². The second kappa shape index (κ2) is 9.89. The first-order valence-corrected chi connectivity index (χ1v) is 9.69. The molecule has 0 atom stereocenters. The van der Waals surface area contributed by atoms with Crippen LogP contribution in [0, 0.1) is 0 Å². The van der Waals surface area contributed by atoms with Crippen LogP contribution in [-0.2, 0) is 19.6 Å². The van der Waals surface area contributed by atoms with Crippen molar-refractivity contribution in [1.82, 2.24) is 15.2 Å². The number of benzene rings is 1. The SMILES string of the molecule is COc1cccc(CN(Cc2ccc(C(=O)NCc3ccccn3)o2)C(C)C)c1. The van der Waals surface area contributed by atoms with Gasteiger partial charge in [-0.25, -0.2) is 0 Å². The molecule has 0 saturated heterocycles. The van der Waals surface area contributed by atoms with E-state index in [-0.39, 0.29) is 5.91 Å². The molecule has 3 rings (SSSR count). The maximum Gasteiger partial charge on any atom is 0.287 e. The molecule has 0 unspecified atom stereocenters. The standard InChI is InChI=1S/C23H27N3O3/c1-17(2)26(15-18-7-6-9-20(13-18)28-3)16-21-10-11-22(29-21)23(27)25-14-19-8-4-5-12-24-19/h4-13,17H,14-16H2,1-3H3,(H,25,27). The summed E-state index contributed by atoms with van der Waals surface area (Å²) in [7, 11) is 1.67. The number of rotatable bonds is 9. The maximum absolute atomic E-state index is 12.4. The Morgan fingerprint density at radius 2 is 2.00 bits per heavy atom. The highest BCUT2D eigenvalue weighted by molar-refractivity contribution is 5.91. The molecule has 0 bridgehead atoms. The van der Waals surface area contributed by atoms with Gasteiger partial charge in [0.25, 0.3) is 5.91 Å². The summed E-state index contributed by atoms with van der Waals surface area (Å²) in [5, 5.41) is 2.83. The normalized spacial score (nSPS) is 11.1. The van der Waals surface area contributed by atoms with Crippen molar-refractivity contribution in [2.24, 2.45) is 0 Å². The number of carbonyl (C=O) groups is 1. The van der Waals surface area contributed by atoms with Gasteiger partial charge in [-0.2, -0.15) is 0 Å². The van der Waals surface area contributed by atoms with Gasteiger partial charge in [-0.1, -0.05) is 18.2 Å². The first-order chi connectivity index (χ1) is 14.0. The van der Waals surface area contributed by atoms with Crippen LogP contribution in [0.1, 0.15) is 41.4 Å². The third-order valence-corrected chi connectivity index (χ3v) is 4.65. The van der Waals surface area contributed by atoms with E-state index >= 15 is 0 Å². The molecule has 3 aromatic rings. The van der Waals surface area contributed by atoms with E-state index in [0.717, 1.165) is 29.3 Å². The van der Waals surface area contributed by atoms with Gasteiger partial charge in [-0.05, 0) is 55.8 Å². The van der Waals surface area contributed by atoms with Crippen LogP contribution in [0.25, 0.3) is 0 Å². The van der Waals surface area contributed by atoms with Crippen LogP contribution < -0.4 is 10.1 Å². The summed E-state index contributed by atoms with van der Waals surface area (Å²) in [5.74, 6) is 1.66. The number of furan rings is 1. The van der Waals surface area contributed by atoms with Gasteiger partial charge < -0.3 is 14.5 Å². The summed E-state index contributed by atoms with van der Waals surface area (Å²) in [6.45, 7) is 6.02. The number of pyridine rings is 1. The Hall–Kier alpha value is -3.12. The van der Waals surface area contributed by atoms with Crippen LogP contribution in [0.5, 0.6) is 5.75 Å². The maximum atomic E-state index is 12.4. The summed E-state index contributed by atoms with van der Waals surface area (Å²) in [5.41, 5.74) is 1.97. The van der Waals surface area contributed by atoms with E-state index in [2.05, 4.69) is 35.1 Å². The molecule has 0 aliphatic rings. The monoisotopic (exact) mass is 393 g/mol. The van der Waals surface area contributed by atoms with Gasteiger partial charge in [0.2, 0.25) is 0 Å². The number of aromatic nitrogens is 1. The number of nitrogens with zero attached hydrogens (tertiary/aromatic N) is 2. The molecule has 6 nitrogen and oxygen atoms in total. The molecule has 1 N–H and O–H groups in total. The molecule has 1 aromatic carbocycles. The molecular formula is C23H27N3O3. The van der Waals surface area contributed by atoms with Crippen molar-refractivity contribution in [1.29, 1.82) is 0 Å². The van der Waals surface area contributed by atoms with Gasteiger partial charge in [0.1, 0.15) is 11.5 Å². The zero-order valence-electron chi connectivity index (χ0n) is 17.1. The number of hydrogen-bond donors (Lipinski definition) is 1. The van der Waals surface area contributed by atoms with Gasteiger partial charge >= 0.3 is 0 Å². The lowest BCUT2D eigenvalue weighted by Crippen LogP contribution is -2.29. The van der Waals surface area contributed by atoms with Crippen LogP contribution in [0.2, 0.25) is 0 Å². The fourth-order valence-electron chi connectivity index (χ4n) is 2.97. The van der Waals surface area contributed by atoms with Crippen molar-refractivity contribution in [3.63, 3.8) is 0 Å². The van der Waals surface area contributed by atoms with Gasteiger partial charge in [0.05, 0.1) is 25.9 Å². The van der Waals surface area contributed by atoms with E-state index in [4.69, 9.17) is 9.15 Å². The summed E-state index contributed by atoms with van der Waals surface area (Å²) in [6, 6.07) is 17.5. The van der Waals surface area contributed by atoms with Crippen LogP contribution in [0.15, 0.2) is 65.2 Å². The highest BCUT2D eigenvalue weighted by Crippen LogP contribution is 2.18. The highest BCUT2D eigenvalue weighted by atomic mass is 16.5. The number of methoxy groups -OCH3 is 1. The average molecular weight is 393 g/mol. The molecular weight excluding hydrogens is 366 g/mol. The van der Waals surface area contributed by atoms with Crippen LogP contribution in [0.3, 0.4) is 0 Å². The summed E-state index contributed by atoms with van der Waals surface area (Å²) in [6.07, 6.45) is 1.70. The van der Waals surface area contributed by atoms with Crippen molar-refractivity contribution in [3.05, 3.63) is 83.6 Å². The second-order valence-corrected chi connectivity index (χ2v) is 7.12. The first-order valence-electron chi connectivity index (χ1n) is 9.69. The Balaban J connectivity index is 1.61. The minimum atomic E-state index is -0.245. The molecule has 0 spiro atoms. The Morgan fingerprint density at radius 1 is 1.14 bits per heavy atom. The Morgan fingerprint density at radius 3 is 2.72 bits per heavy atom. The number of amides is 1. The van der Waals surface area contributed by atoms with Crippen LogP contribution in [0.4, 0.5) is 0 Å². The Bertz CT molecular complexity index is 922. The number of carbonyl (C=O) groups excluding carboxylic acids is 1. The van der Waals surface area contributed by atoms with E-state index in [1.54, 1.807) is 19.4 Å². The number of nitrogens with one attached hydrogen (secondary N) is 1. The molecule has 0 fully saturated rings. The first kappa shape index (κ1) is 20.6. The molecule has 0 saturated carbocycles. The minimum Gasteiger partial charge on any atom is -0.497 e. The van der Waals surface area contributed by atoms with Gasteiger partial charge in [0.15, 0.2) is 5.76 Å². The minimum absolute atomic E-state index is 0.245. The third kappa shape index (κ3) is 5.93. The number of ether oxygens (including phenoxy) is 1. The summed E-state index contributed by atoms with van der Waals surface area (Å²) < 4.78 is 11.1. The molecule has 0 aliphatic carbocycles. The van der Waals surface area contributed by atoms with Crippen molar-refractivity contribution >= 4 is 5.91 Å². The molecule has 0 radical (unpaired) electrons. The largest absolute Gasteiger partial charge is 0.497 e. The fourth-order valence-corrected chi connectivity index (χ4v) is 2.97. The molecule has 152 valence electrons. The lowest BCUT2D eigenvalue weighted by molar-refractivity contribution is 0.0917. The average Bonchev–Trinajstić information content (AvgIpc) is 3.21. The molecule has 1 amide bonds. The zero-order valence-corrected chi connectivity index (χ0v) is 17.1. The van der Waals surface area contributed by atoms with Crippen molar-refractivity contribution in [2.45, 2.75) is 39.5 Å². The molecule has 2 heterocycles. The van der Waals surface area contributed by atoms with E-state index in [1.807, 2.05) is 42.5 Å². The van der Waals surface area contributed by atoms with E-state index in [9.17, 15) is 4.79 Å². The lowest BCUT2D eigenvalue weighted by atomic mass is 10.1. The van der Waals surface area contributed by atoms with E-state index in [1.165, 1.54) is 0 Å². The smallest absolute Gasteiger partial charge is 0.287 e. The number of hydrogen-bond acceptors (Lipinski definition) is 5. The van der Waals surface area contributed by atoms with Crippen molar-refractivity contribution in [3.8, 4) is 5.75 Å². The van der Waals surface area contributed by atoms with Gasteiger partial charge in [-0.15, -0.1) is 0 Å². The zero-order chi connectivity index (χ0) is 20.6. The Kier molecular flexibility index (Phi) is 7.03. The second-order valence-electron chi connectivity index (χ2n) is 7.12. The Labute approximate surface area is 171 Å². The molecule has 0 aliphatic heterocycles. The predicted octanol–water partition coefficient (Wildman–Crippen LogP) is 4.02. The fraction of sp³-hybridized carbons (Fsp3) is 0.304. The molecule has 6 heteroatoms. The lowest BCUT2D eigenvalue weighted by Gasteiger charge is -2.25. The predicted molar refractivity (Wildman–Crippen MR) is 111 cm³/mol. The van der Waals surface area contributed by atoms with E-state index < -0.39 is 0 Å². The van der Waals surface area contributed by atoms with Crippen molar-refractivity contribution in [2.75, 3.05) is 7.11 Å². The quantitative estimate of drug-likeness (QED) is 0.595. The summed E-state index contributed by atoms with van der Waals surface area (Å²) in [4.78, 5) is 18.8. The topological polar surface area (TPSA) is 67.6 Å². The molecule has 29 heavy (non-hydrogen) atoms. The molecule has 2 aromatic heterocycles. The third-order valence-electron chi connectivity index (χ3n) is 4.65. The van der Waals surface area contributed by atoms with E-state index in [0.29, 0.717) is 24.9 Å². The summed E-state index contributed by atoms with van der Waals surface area (Å²) >= 11 is 0. The van der Waals surface area contributed by atoms with Crippen LogP contribution >= 0.6 is 0 Å². The van der Waals surface area contributed by atoms with Crippen LogP contribution in [-0.4, -0.2) is 28.9 Å². The van der Waals surface area contributed by atoms with Crippen molar-refractivity contribution < 1.29 is 13.9 Å².